The van der Waals surface area contributed by atoms with Gasteiger partial charge in [0.25, 0.3) is 0 Å². The highest BCUT2D eigenvalue weighted by atomic mass is 16.5. The Labute approximate surface area is 144 Å². The Morgan fingerprint density at radius 2 is 1.96 bits per heavy atom. The number of imidazole rings is 1. The third-order valence-electron chi connectivity index (χ3n) is 3.83. The molecule has 132 valence electrons. The van der Waals surface area contributed by atoms with Crippen molar-refractivity contribution in [3.05, 3.63) is 30.6 Å². The Bertz CT molecular complexity index is 623. The number of ether oxygens (including phenoxy) is 1. The maximum Gasteiger partial charge on any atom is 0.190 e. The van der Waals surface area contributed by atoms with Crippen molar-refractivity contribution in [2.75, 3.05) is 33.4 Å². The lowest BCUT2D eigenvalue weighted by Crippen LogP contribution is -2.38. The van der Waals surface area contributed by atoms with E-state index < -0.39 is 0 Å². The van der Waals surface area contributed by atoms with Crippen molar-refractivity contribution in [3.8, 4) is 0 Å². The molecule has 1 heterocycles. The third-order valence-corrected chi connectivity index (χ3v) is 3.83. The second-order valence-corrected chi connectivity index (χ2v) is 5.61. The maximum atomic E-state index is 5.33. The van der Waals surface area contributed by atoms with Crippen LogP contribution in [0.1, 0.15) is 26.2 Å². The number of fused-ring (bicyclic) bond motifs is 1. The fourth-order valence-electron chi connectivity index (χ4n) is 2.55. The molecular weight excluding hydrogens is 302 g/mol. The molecule has 1 aromatic heterocycles. The number of rotatable bonds is 10. The molecule has 0 fully saturated rings. The molecule has 0 atom stereocenters. The maximum absolute atomic E-state index is 5.33. The first-order valence-electron chi connectivity index (χ1n) is 8.77. The predicted molar refractivity (Wildman–Crippen MR) is 99.4 cm³/mol. The van der Waals surface area contributed by atoms with Crippen molar-refractivity contribution in [1.29, 1.82) is 0 Å². The van der Waals surface area contributed by atoms with Crippen molar-refractivity contribution < 1.29 is 4.74 Å². The zero-order valence-electron chi connectivity index (χ0n) is 14.8. The molecule has 2 rings (SSSR count). The van der Waals surface area contributed by atoms with Crippen LogP contribution in [0.3, 0.4) is 0 Å². The molecule has 0 unspecified atom stereocenters. The van der Waals surface area contributed by atoms with E-state index in [2.05, 4.69) is 37.3 Å². The topological polar surface area (TPSA) is 63.5 Å². The summed E-state index contributed by atoms with van der Waals surface area (Å²) in [6, 6.07) is 8.22. The van der Waals surface area contributed by atoms with Crippen molar-refractivity contribution in [2.24, 2.45) is 4.99 Å². The molecular formula is C18H29N5O. The summed E-state index contributed by atoms with van der Waals surface area (Å²) in [4.78, 5) is 8.67. The number of nitrogens with one attached hydrogen (secondary N) is 2. The molecule has 0 bridgehead atoms. The summed E-state index contributed by atoms with van der Waals surface area (Å²) in [5.41, 5.74) is 2.24. The average molecular weight is 331 g/mol. The summed E-state index contributed by atoms with van der Waals surface area (Å²) in [5.74, 6) is 0.863. The number of guanidine groups is 1. The van der Waals surface area contributed by atoms with Crippen molar-refractivity contribution >= 4 is 17.0 Å². The summed E-state index contributed by atoms with van der Waals surface area (Å²) in [5, 5.41) is 6.69. The van der Waals surface area contributed by atoms with Gasteiger partial charge < -0.3 is 19.9 Å². The average Bonchev–Trinajstić information content (AvgIpc) is 3.03. The number of para-hydroxylation sites is 2. The minimum atomic E-state index is 0.794. The Morgan fingerprint density at radius 3 is 2.75 bits per heavy atom. The van der Waals surface area contributed by atoms with Crippen LogP contribution in [0, 0.1) is 0 Å². The Morgan fingerprint density at radius 1 is 1.17 bits per heavy atom. The van der Waals surface area contributed by atoms with Crippen molar-refractivity contribution in [3.63, 3.8) is 0 Å². The van der Waals surface area contributed by atoms with Gasteiger partial charge in [0.05, 0.1) is 17.4 Å². The zero-order chi connectivity index (χ0) is 17.0. The highest BCUT2D eigenvalue weighted by molar-refractivity contribution is 5.79. The van der Waals surface area contributed by atoms with E-state index in [4.69, 9.17) is 4.74 Å². The van der Waals surface area contributed by atoms with Crippen LogP contribution in [-0.2, 0) is 11.3 Å². The van der Waals surface area contributed by atoms with Crippen LogP contribution >= 0.6 is 0 Å². The fraction of sp³-hybridized carbons (Fsp3) is 0.556. The first-order valence-corrected chi connectivity index (χ1v) is 8.77. The summed E-state index contributed by atoms with van der Waals surface area (Å²) >= 11 is 0. The fourth-order valence-corrected chi connectivity index (χ4v) is 2.55. The van der Waals surface area contributed by atoms with Crippen LogP contribution in [0.5, 0.6) is 0 Å². The molecule has 0 aliphatic carbocycles. The van der Waals surface area contributed by atoms with Crippen molar-refractivity contribution in [1.82, 2.24) is 20.2 Å². The third kappa shape index (κ3) is 5.85. The van der Waals surface area contributed by atoms with Crippen LogP contribution in [0.4, 0.5) is 0 Å². The van der Waals surface area contributed by atoms with Crippen LogP contribution < -0.4 is 10.6 Å². The number of hydrogen-bond acceptors (Lipinski definition) is 3. The smallest absolute Gasteiger partial charge is 0.190 e. The largest absolute Gasteiger partial charge is 0.382 e. The Balaban J connectivity index is 1.62. The number of aliphatic imine (C=N–C) groups is 1. The van der Waals surface area contributed by atoms with Crippen LogP contribution in [0.25, 0.3) is 11.0 Å². The Hall–Kier alpha value is -2.08. The van der Waals surface area contributed by atoms with Crippen LogP contribution in [-0.4, -0.2) is 48.9 Å². The molecule has 0 saturated heterocycles. The molecule has 0 radical (unpaired) electrons. The van der Waals surface area contributed by atoms with Gasteiger partial charge in [0.2, 0.25) is 0 Å². The van der Waals surface area contributed by atoms with Gasteiger partial charge >= 0.3 is 0 Å². The van der Waals surface area contributed by atoms with Gasteiger partial charge in [-0.2, -0.15) is 0 Å². The van der Waals surface area contributed by atoms with E-state index in [0.717, 1.165) is 63.6 Å². The highest BCUT2D eigenvalue weighted by Gasteiger charge is 2.01. The zero-order valence-corrected chi connectivity index (χ0v) is 14.8. The van der Waals surface area contributed by atoms with Gasteiger partial charge in [-0.3, -0.25) is 4.99 Å². The normalized spacial score (nSPS) is 11.8. The SMILES string of the molecule is CCOCCCCNC(=NC)NCCCn1cnc2ccccc21. The van der Waals surface area contributed by atoms with E-state index in [1.165, 1.54) is 5.52 Å². The number of unbranched alkanes of at least 4 members (excludes halogenated alkanes) is 1. The van der Waals surface area contributed by atoms with Gasteiger partial charge in [0, 0.05) is 39.9 Å². The van der Waals surface area contributed by atoms with Gasteiger partial charge in [0.1, 0.15) is 0 Å². The Kier molecular flexibility index (Phi) is 8.10. The van der Waals surface area contributed by atoms with E-state index in [1.54, 1.807) is 7.05 Å². The lowest BCUT2D eigenvalue weighted by atomic mass is 10.3. The molecule has 6 nitrogen and oxygen atoms in total. The van der Waals surface area contributed by atoms with Crippen LogP contribution in [0.15, 0.2) is 35.6 Å². The molecule has 1 aromatic carbocycles. The number of nitrogens with zero attached hydrogens (tertiary/aromatic N) is 3. The lowest BCUT2D eigenvalue weighted by Gasteiger charge is -2.12. The number of hydrogen-bond donors (Lipinski definition) is 2. The van der Waals surface area contributed by atoms with E-state index in [9.17, 15) is 0 Å². The molecule has 0 amide bonds. The minimum absolute atomic E-state index is 0.794. The molecule has 2 aromatic rings. The van der Waals surface area contributed by atoms with Gasteiger partial charge in [-0.1, -0.05) is 12.1 Å². The number of aromatic nitrogens is 2. The molecule has 0 aliphatic heterocycles. The van der Waals surface area contributed by atoms with Crippen molar-refractivity contribution in [2.45, 2.75) is 32.7 Å². The molecule has 0 saturated carbocycles. The predicted octanol–water partition coefficient (Wildman–Crippen LogP) is 2.41. The standard InChI is InChI=1S/C18H29N5O/c1-3-24-14-7-6-11-20-18(19-2)21-12-8-13-23-15-22-16-9-4-5-10-17(16)23/h4-5,9-10,15H,3,6-8,11-14H2,1-2H3,(H2,19,20,21). The molecule has 6 heteroatoms. The van der Waals surface area contributed by atoms with E-state index in [0.29, 0.717) is 0 Å². The minimum Gasteiger partial charge on any atom is -0.382 e. The second kappa shape index (κ2) is 10.6. The summed E-state index contributed by atoms with van der Waals surface area (Å²) in [6.45, 7) is 6.39. The number of benzene rings is 1. The summed E-state index contributed by atoms with van der Waals surface area (Å²) in [6.07, 6.45) is 5.09. The molecule has 24 heavy (non-hydrogen) atoms. The monoisotopic (exact) mass is 331 g/mol. The molecule has 0 spiro atoms. The molecule has 2 N–H and O–H groups in total. The van der Waals surface area contributed by atoms with Gasteiger partial charge in [0.15, 0.2) is 5.96 Å². The second-order valence-electron chi connectivity index (χ2n) is 5.61. The quantitative estimate of drug-likeness (QED) is 0.399. The van der Waals surface area contributed by atoms with Gasteiger partial charge in [-0.05, 0) is 38.3 Å². The molecule has 0 aliphatic rings. The van der Waals surface area contributed by atoms with Gasteiger partial charge in [-0.25, -0.2) is 4.98 Å². The number of aryl methyl sites for hydroxylation is 1. The van der Waals surface area contributed by atoms with E-state index >= 15 is 0 Å². The highest BCUT2D eigenvalue weighted by Crippen LogP contribution is 2.11. The first-order chi connectivity index (χ1) is 11.8. The summed E-state index contributed by atoms with van der Waals surface area (Å²) < 4.78 is 7.53. The van der Waals surface area contributed by atoms with Gasteiger partial charge in [-0.15, -0.1) is 0 Å². The van der Waals surface area contributed by atoms with Crippen LogP contribution in [0.2, 0.25) is 0 Å². The lowest BCUT2D eigenvalue weighted by molar-refractivity contribution is 0.143. The van der Waals surface area contributed by atoms with E-state index in [-0.39, 0.29) is 0 Å². The van der Waals surface area contributed by atoms with E-state index in [1.807, 2.05) is 25.4 Å². The summed E-state index contributed by atoms with van der Waals surface area (Å²) in [7, 11) is 1.80. The first kappa shape index (κ1) is 18.3.